The quantitative estimate of drug-likeness (QED) is 0.932. The van der Waals surface area contributed by atoms with E-state index in [1.165, 1.54) is 0 Å². The van der Waals surface area contributed by atoms with Crippen LogP contribution in [0.3, 0.4) is 0 Å². The third kappa shape index (κ3) is 1.86. The van der Waals surface area contributed by atoms with E-state index in [4.69, 9.17) is 0 Å². The first kappa shape index (κ1) is 14.6. The first-order valence-electron chi connectivity index (χ1n) is 7.28. The number of benzene rings is 1. The van der Waals surface area contributed by atoms with Crippen molar-refractivity contribution in [1.82, 2.24) is 0 Å². The van der Waals surface area contributed by atoms with Crippen molar-refractivity contribution in [3.63, 3.8) is 0 Å². The molecule has 0 bridgehead atoms. The number of aliphatic carboxylic acids is 1. The van der Waals surface area contributed by atoms with Gasteiger partial charge in [0, 0.05) is 0 Å². The number of carboxylic acids is 1. The first-order chi connectivity index (χ1) is 9.72. The normalized spacial score (nSPS) is 22.4. The number of aryl methyl sites for hydroxylation is 2. The van der Waals surface area contributed by atoms with Crippen molar-refractivity contribution < 1.29 is 18.3 Å². The molecule has 0 unspecified atom stereocenters. The molecular weight excluding hydrogens is 288 g/mol. The fourth-order valence-corrected chi connectivity index (χ4v) is 6.33. The second-order valence-electron chi connectivity index (χ2n) is 6.78. The van der Waals surface area contributed by atoms with Gasteiger partial charge in [-0.05, 0) is 56.6 Å². The average molecular weight is 308 g/mol. The van der Waals surface area contributed by atoms with E-state index in [1.54, 1.807) is 25.1 Å². The molecule has 2 fully saturated rings. The van der Waals surface area contributed by atoms with E-state index in [0.29, 0.717) is 5.56 Å². The molecule has 0 aliphatic heterocycles. The standard InChI is InChI=1S/C16H20O4S/c1-11-4-5-13(12(2)8-11)21(19,20)16(14(17)18)9-15(10-16)6-3-7-15/h4-5,8H,3,6-7,9-10H2,1-2H3,(H,17,18). The monoisotopic (exact) mass is 308 g/mol. The molecule has 0 atom stereocenters. The van der Waals surface area contributed by atoms with E-state index >= 15 is 0 Å². The second-order valence-corrected chi connectivity index (χ2v) is 9.01. The van der Waals surface area contributed by atoms with Gasteiger partial charge in [-0.15, -0.1) is 0 Å². The Morgan fingerprint density at radius 1 is 1.19 bits per heavy atom. The third-order valence-electron chi connectivity index (χ3n) is 5.26. The van der Waals surface area contributed by atoms with Gasteiger partial charge in [-0.3, -0.25) is 4.79 Å². The summed E-state index contributed by atoms with van der Waals surface area (Å²) in [5.41, 5.74) is 1.58. The van der Waals surface area contributed by atoms with Crippen LogP contribution in [-0.2, 0) is 14.6 Å². The molecule has 0 radical (unpaired) electrons. The molecule has 2 aliphatic carbocycles. The predicted octanol–water partition coefficient (Wildman–Crippen LogP) is 2.86. The molecule has 1 aromatic carbocycles. The van der Waals surface area contributed by atoms with Crippen molar-refractivity contribution in [3.05, 3.63) is 29.3 Å². The maximum absolute atomic E-state index is 13.0. The molecule has 3 rings (SSSR count). The van der Waals surface area contributed by atoms with Crippen molar-refractivity contribution in [3.8, 4) is 0 Å². The molecule has 0 heterocycles. The first-order valence-corrected chi connectivity index (χ1v) is 8.76. The zero-order chi connectivity index (χ0) is 15.5. The Kier molecular flexibility index (Phi) is 3.00. The van der Waals surface area contributed by atoms with E-state index in [1.807, 2.05) is 6.92 Å². The van der Waals surface area contributed by atoms with Gasteiger partial charge in [0.15, 0.2) is 14.6 Å². The van der Waals surface area contributed by atoms with E-state index in [-0.39, 0.29) is 23.2 Å². The summed E-state index contributed by atoms with van der Waals surface area (Å²) in [5, 5.41) is 9.60. The van der Waals surface area contributed by atoms with Gasteiger partial charge in [-0.2, -0.15) is 0 Å². The lowest BCUT2D eigenvalue weighted by molar-refractivity contribution is -0.150. The summed E-state index contributed by atoms with van der Waals surface area (Å²) in [6, 6.07) is 5.07. The summed E-state index contributed by atoms with van der Waals surface area (Å²) in [6.45, 7) is 3.62. The summed E-state index contributed by atoms with van der Waals surface area (Å²) in [6.07, 6.45) is 3.55. The largest absolute Gasteiger partial charge is 0.480 e. The third-order valence-corrected chi connectivity index (χ3v) is 7.79. The van der Waals surface area contributed by atoms with Gasteiger partial charge in [0.2, 0.25) is 0 Å². The summed E-state index contributed by atoms with van der Waals surface area (Å²) in [7, 11) is -3.86. The predicted molar refractivity (Wildman–Crippen MR) is 79.0 cm³/mol. The van der Waals surface area contributed by atoms with Gasteiger partial charge in [-0.1, -0.05) is 24.1 Å². The lowest BCUT2D eigenvalue weighted by Gasteiger charge is -2.58. The summed E-state index contributed by atoms with van der Waals surface area (Å²) in [4.78, 5) is 11.9. The Hall–Kier alpha value is -1.36. The Bertz CT molecular complexity index is 706. The minimum Gasteiger partial charge on any atom is -0.480 e. The van der Waals surface area contributed by atoms with Crippen LogP contribution in [0.15, 0.2) is 23.1 Å². The molecule has 2 aliphatic rings. The van der Waals surface area contributed by atoms with Gasteiger partial charge in [-0.25, -0.2) is 8.42 Å². The topological polar surface area (TPSA) is 71.4 Å². The summed E-state index contributed by atoms with van der Waals surface area (Å²) < 4.78 is 24.3. The number of sulfone groups is 1. The molecule has 21 heavy (non-hydrogen) atoms. The van der Waals surface area contributed by atoms with Crippen molar-refractivity contribution in [2.45, 2.75) is 55.6 Å². The van der Waals surface area contributed by atoms with Crippen LogP contribution in [0.4, 0.5) is 0 Å². The number of carboxylic acid groups (broad SMARTS) is 1. The molecule has 4 nitrogen and oxygen atoms in total. The SMILES string of the molecule is Cc1ccc(S(=O)(=O)C2(C(=O)O)CC3(CCC3)C2)c(C)c1. The van der Waals surface area contributed by atoms with Crippen LogP contribution >= 0.6 is 0 Å². The zero-order valence-electron chi connectivity index (χ0n) is 12.3. The highest BCUT2D eigenvalue weighted by atomic mass is 32.2. The van der Waals surface area contributed by atoms with E-state index in [0.717, 1.165) is 24.8 Å². The number of hydrogen-bond acceptors (Lipinski definition) is 3. The molecule has 0 saturated heterocycles. The Morgan fingerprint density at radius 2 is 1.81 bits per heavy atom. The van der Waals surface area contributed by atoms with Crippen LogP contribution in [0, 0.1) is 19.3 Å². The maximum Gasteiger partial charge on any atom is 0.325 e. The second kappa shape index (κ2) is 4.32. The zero-order valence-corrected chi connectivity index (χ0v) is 13.2. The summed E-state index contributed by atoms with van der Waals surface area (Å²) >= 11 is 0. The fourth-order valence-electron chi connectivity index (χ4n) is 3.96. The van der Waals surface area contributed by atoms with Crippen LogP contribution in [0.1, 0.15) is 43.2 Å². The maximum atomic E-state index is 13.0. The smallest absolute Gasteiger partial charge is 0.325 e. The van der Waals surface area contributed by atoms with Gasteiger partial charge in [0.25, 0.3) is 0 Å². The Balaban J connectivity index is 2.05. The Morgan fingerprint density at radius 3 is 2.24 bits per heavy atom. The molecule has 1 N–H and O–H groups in total. The minimum absolute atomic E-state index is 0.0237. The molecule has 1 spiro atoms. The van der Waals surface area contributed by atoms with Gasteiger partial charge in [0.1, 0.15) is 0 Å². The van der Waals surface area contributed by atoms with Crippen LogP contribution in [0.25, 0.3) is 0 Å². The van der Waals surface area contributed by atoms with Gasteiger partial charge < -0.3 is 5.11 Å². The lowest BCUT2D eigenvalue weighted by atomic mass is 9.51. The molecule has 2 saturated carbocycles. The Labute approximate surface area is 125 Å². The highest BCUT2D eigenvalue weighted by Crippen LogP contribution is 2.64. The molecule has 0 aromatic heterocycles. The average Bonchev–Trinajstić information content (AvgIpc) is 2.23. The number of carbonyl (C=O) groups is 1. The van der Waals surface area contributed by atoms with Crippen molar-refractivity contribution in [1.29, 1.82) is 0 Å². The van der Waals surface area contributed by atoms with E-state index in [2.05, 4.69) is 0 Å². The van der Waals surface area contributed by atoms with Crippen LogP contribution in [0.5, 0.6) is 0 Å². The van der Waals surface area contributed by atoms with Gasteiger partial charge in [0.05, 0.1) is 4.90 Å². The lowest BCUT2D eigenvalue weighted by Crippen LogP contribution is -2.63. The molecule has 0 amide bonds. The minimum atomic E-state index is -3.86. The number of hydrogen-bond donors (Lipinski definition) is 1. The van der Waals surface area contributed by atoms with Crippen molar-refractivity contribution in [2.75, 3.05) is 0 Å². The number of rotatable bonds is 3. The van der Waals surface area contributed by atoms with Crippen molar-refractivity contribution in [2.24, 2.45) is 5.41 Å². The van der Waals surface area contributed by atoms with Gasteiger partial charge >= 0.3 is 5.97 Å². The highest BCUT2D eigenvalue weighted by molar-refractivity contribution is 7.93. The van der Waals surface area contributed by atoms with Crippen molar-refractivity contribution >= 4 is 15.8 Å². The van der Waals surface area contributed by atoms with Crippen LogP contribution < -0.4 is 0 Å². The van der Waals surface area contributed by atoms with E-state index < -0.39 is 20.6 Å². The fraction of sp³-hybridized carbons (Fsp3) is 0.562. The molecule has 1 aromatic rings. The molecule has 114 valence electrons. The molecular formula is C16H20O4S. The molecule has 5 heteroatoms. The highest BCUT2D eigenvalue weighted by Gasteiger charge is 2.68. The van der Waals surface area contributed by atoms with Crippen LogP contribution in [-0.4, -0.2) is 24.2 Å². The van der Waals surface area contributed by atoms with Crippen LogP contribution in [0.2, 0.25) is 0 Å². The van der Waals surface area contributed by atoms with E-state index in [9.17, 15) is 18.3 Å². The summed E-state index contributed by atoms with van der Waals surface area (Å²) in [5.74, 6) is -1.19.